The van der Waals surface area contributed by atoms with Gasteiger partial charge in [-0.25, -0.2) is 4.68 Å². The highest BCUT2D eigenvalue weighted by atomic mass is 16.1. The molecule has 0 aromatic carbocycles. The van der Waals surface area contributed by atoms with Crippen LogP contribution in [0.15, 0.2) is 40.4 Å². The Balaban J connectivity index is 1.97. The van der Waals surface area contributed by atoms with Crippen LogP contribution < -0.4 is 10.5 Å². The molecule has 0 bridgehead atoms. The van der Waals surface area contributed by atoms with Crippen LogP contribution in [0.4, 0.5) is 5.69 Å². The Morgan fingerprint density at radius 2 is 1.96 bits per heavy atom. The molecule has 2 rings (SSSR count). The predicted molar refractivity (Wildman–Crippen MR) is 105 cm³/mol. The van der Waals surface area contributed by atoms with Crippen LogP contribution in [0.1, 0.15) is 40.0 Å². The molecule has 1 aliphatic rings. The summed E-state index contributed by atoms with van der Waals surface area (Å²) < 4.78 is 1.54. The Hall–Kier alpha value is -1.88. The van der Waals surface area contributed by atoms with Crippen molar-refractivity contribution < 1.29 is 0 Å². The first kappa shape index (κ1) is 19.4. The summed E-state index contributed by atoms with van der Waals surface area (Å²) in [5.41, 5.74) is 3.57. The zero-order chi connectivity index (χ0) is 18.2. The van der Waals surface area contributed by atoms with E-state index in [0.717, 1.165) is 51.1 Å². The molecule has 5 nitrogen and oxygen atoms in total. The molecule has 0 N–H and O–H groups in total. The average molecular weight is 345 g/mol. The van der Waals surface area contributed by atoms with E-state index in [0.29, 0.717) is 6.54 Å². The number of likely N-dealkylation sites (N-methyl/N-ethyl adjacent to an activating group) is 1. The van der Waals surface area contributed by atoms with Gasteiger partial charge in [0.1, 0.15) is 0 Å². The van der Waals surface area contributed by atoms with Crippen molar-refractivity contribution in [2.24, 2.45) is 0 Å². The summed E-state index contributed by atoms with van der Waals surface area (Å²) in [6.07, 6.45) is 9.38. The lowest BCUT2D eigenvalue weighted by molar-refractivity contribution is 0.360. The number of rotatable bonds is 6. The molecule has 0 spiro atoms. The smallest absolute Gasteiger partial charge is 0.269 e. The third kappa shape index (κ3) is 6.50. The summed E-state index contributed by atoms with van der Waals surface area (Å²) in [6.45, 7) is 11.0. The molecular weight excluding hydrogens is 312 g/mol. The number of hydrogen-bond acceptors (Lipinski definition) is 4. The van der Waals surface area contributed by atoms with Crippen molar-refractivity contribution in [3.63, 3.8) is 0 Å². The fraction of sp³-hybridized carbons (Fsp3) is 0.600. The summed E-state index contributed by atoms with van der Waals surface area (Å²) >= 11 is 0. The van der Waals surface area contributed by atoms with E-state index in [-0.39, 0.29) is 5.56 Å². The molecule has 5 heteroatoms. The third-order valence-electron chi connectivity index (χ3n) is 4.64. The Morgan fingerprint density at radius 3 is 2.68 bits per heavy atom. The summed E-state index contributed by atoms with van der Waals surface area (Å²) in [7, 11) is 2.14. The first-order valence-electron chi connectivity index (χ1n) is 9.25. The number of nitrogens with zero attached hydrogens (tertiary/aromatic N) is 4. The van der Waals surface area contributed by atoms with Crippen molar-refractivity contribution in [2.75, 3.05) is 38.1 Å². The second kappa shape index (κ2) is 9.56. The lowest BCUT2D eigenvalue weighted by Crippen LogP contribution is -2.31. The van der Waals surface area contributed by atoms with Crippen LogP contribution in [0.5, 0.6) is 0 Å². The van der Waals surface area contributed by atoms with Crippen molar-refractivity contribution in [1.82, 2.24) is 14.7 Å². The molecule has 1 aliphatic heterocycles. The molecular formula is C20H32N4O. The minimum Gasteiger partial charge on any atom is -0.369 e. The molecule has 0 amide bonds. The zero-order valence-electron chi connectivity index (χ0n) is 16.2. The molecule has 0 saturated carbocycles. The Morgan fingerprint density at radius 1 is 1.16 bits per heavy atom. The number of hydrogen-bond donors (Lipinski definition) is 0. The molecule has 2 heterocycles. The van der Waals surface area contributed by atoms with E-state index in [1.54, 1.807) is 6.07 Å². The molecule has 25 heavy (non-hydrogen) atoms. The monoisotopic (exact) mass is 344 g/mol. The summed E-state index contributed by atoms with van der Waals surface area (Å²) in [5.74, 6) is 0. The Labute approximate surface area is 151 Å². The summed E-state index contributed by atoms with van der Waals surface area (Å²) in [5, 5.41) is 4.38. The van der Waals surface area contributed by atoms with Crippen LogP contribution in [0, 0.1) is 0 Å². The van der Waals surface area contributed by atoms with Gasteiger partial charge in [0.05, 0.1) is 18.4 Å². The van der Waals surface area contributed by atoms with E-state index in [9.17, 15) is 4.79 Å². The molecule has 0 unspecified atom stereocenters. The zero-order valence-corrected chi connectivity index (χ0v) is 16.2. The van der Waals surface area contributed by atoms with Crippen molar-refractivity contribution in [3.05, 3.63) is 45.9 Å². The number of allylic oxidation sites excluding steroid dienone is 4. The first-order chi connectivity index (χ1) is 12.0. The van der Waals surface area contributed by atoms with Gasteiger partial charge in [0.25, 0.3) is 5.56 Å². The van der Waals surface area contributed by atoms with Crippen LogP contribution in [-0.4, -0.2) is 47.9 Å². The normalized spacial score (nSPS) is 16.6. The van der Waals surface area contributed by atoms with Crippen LogP contribution in [0.25, 0.3) is 0 Å². The Kier molecular flexibility index (Phi) is 7.44. The van der Waals surface area contributed by atoms with Gasteiger partial charge in [-0.2, -0.15) is 5.10 Å². The lowest BCUT2D eigenvalue weighted by Gasteiger charge is -2.22. The maximum atomic E-state index is 12.4. The number of aromatic nitrogens is 2. The van der Waals surface area contributed by atoms with E-state index in [4.69, 9.17) is 0 Å². The fourth-order valence-corrected chi connectivity index (χ4v) is 2.97. The van der Waals surface area contributed by atoms with Gasteiger partial charge in [-0.15, -0.1) is 0 Å². The lowest BCUT2D eigenvalue weighted by atomic mass is 10.1. The van der Waals surface area contributed by atoms with Gasteiger partial charge in [-0.05, 0) is 53.6 Å². The van der Waals surface area contributed by atoms with E-state index in [1.165, 1.54) is 15.8 Å². The van der Waals surface area contributed by atoms with Crippen molar-refractivity contribution in [3.8, 4) is 0 Å². The van der Waals surface area contributed by atoms with E-state index >= 15 is 0 Å². The van der Waals surface area contributed by atoms with Gasteiger partial charge in [0.15, 0.2) is 0 Å². The first-order valence-corrected chi connectivity index (χ1v) is 9.25. The standard InChI is InChI=1S/C20H32N4O/c1-17(2)7-5-8-18(3)9-12-24-20(25)15-19(16-21-24)23-11-6-10-22(4)13-14-23/h7,9,15-16H,5-6,8,10-14H2,1-4H3. The average Bonchev–Trinajstić information content (AvgIpc) is 2.78. The van der Waals surface area contributed by atoms with Crippen molar-refractivity contribution >= 4 is 5.69 Å². The quantitative estimate of drug-likeness (QED) is 0.744. The maximum absolute atomic E-state index is 12.4. The van der Waals surface area contributed by atoms with Gasteiger partial charge < -0.3 is 9.80 Å². The van der Waals surface area contributed by atoms with E-state index in [1.807, 2.05) is 6.20 Å². The SMILES string of the molecule is CC(C)=CCCC(C)=CCn1ncc(N2CCCN(C)CC2)cc1=O. The summed E-state index contributed by atoms with van der Waals surface area (Å²) in [4.78, 5) is 17.0. The highest BCUT2D eigenvalue weighted by Crippen LogP contribution is 2.13. The maximum Gasteiger partial charge on any atom is 0.269 e. The van der Waals surface area contributed by atoms with Crippen LogP contribution in [0.3, 0.4) is 0 Å². The minimum absolute atomic E-state index is 0.0246. The fourth-order valence-electron chi connectivity index (χ4n) is 2.97. The third-order valence-corrected chi connectivity index (χ3v) is 4.64. The van der Waals surface area contributed by atoms with Crippen molar-refractivity contribution in [1.29, 1.82) is 0 Å². The van der Waals surface area contributed by atoms with Gasteiger partial charge in [0, 0.05) is 25.7 Å². The number of anilines is 1. The van der Waals surface area contributed by atoms with Crippen molar-refractivity contribution in [2.45, 2.75) is 46.6 Å². The van der Waals surface area contributed by atoms with Crippen LogP contribution in [-0.2, 0) is 6.54 Å². The highest BCUT2D eigenvalue weighted by molar-refractivity contribution is 5.43. The largest absolute Gasteiger partial charge is 0.369 e. The van der Waals surface area contributed by atoms with Gasteiger partial charge in [-0.1, -0.05) is 23.3 Å². The Bertz CT molecular complexity index is 671. The molecule has 0 aliphatic carbocycles. The molecule has 1 aromatic heterocycles. The molecule has 138 valence electrons. The minimum atomic E-state index is -0.0246. The molecule has 1 fully saturated rings. The second-order valence-electron chi connectivity index (χ2n) is 7.25. The van der Waals surface area contributed by atoms with Crippen LogP contribution in [0.2, 0.25) is 0 Å². The molecule has 1 saturated heterocycles. The molecule has 0 atom stereocenters. The van der Waals surface area contributed by atoms with E-state index < -0.39 is 0 Å². The molecule has 1 aromatic rings. The van der Waals surface area contributed by atoms with Gasteiger partial charge in [0.2, 0.25) is 0 Å². The van der Waals surface area contributed by atoms with E-state index in [2.05, 4.69) is 54.9 Å². The molecule has 0 radical (unpaired) electrons. The van der Waals surface area contributed by atoms with Crippen LogP contribution >= 0.6 is 0 Å². The topological polar surface area (TPSA) is 41.4 Å². The predicted octanol–water partition coefficient (Wildman–Crippen LogP) is 3.08. The second-order valence-corrected chi connectivity index (χ2v) is 7.25. The highest BCUT2D eigenvalue weighted by Gasteiger charge is 2.13. The summed E-state index contributed by atoms with van der Waals surface area (Å²) in [6, 6.07) is 1.73. The van der Waals surface area contributed by atoms with Gasteiger partial charge >= 0.3 is 0 Å². The van der Waals surface area contributed by atoms with Gasteiger partial charge in [-0.3, -0.25) is 4.79 Å².